The Bertz CT molecular complexity index is 980. The van der Waals surface area contributed by atoms with Crippen molar-refractivity contribution < 1.29 is 9.90 Å². The number of carbonyl (C=O) groups is 1. The highest BCUT2D eigenvalue weighted by atomic mass is 16.3. The largest absolute Gasteiger partial charge is 0.387 e. The van der Waals surface area contributed by atoms with E-state index >= 15 is 0 Å². The molecule has 1 amide bonds. The van der Waals surface area contributed by atoms with E-state index in [4.69, 9.17) is 0 Å². The van der Waals surface area contributed by atoms with Crippen LogP contribution in [0.25, 0.3) is 0 Å². The molecule has 0 radical (unpaired) electrons. The predicted molar refractivity (Wildman–Crippen MR) is 105 cm³/mol. The number of aliphatic hydroxyl groups is 1. The van der Waals surface area contributed by atoms with E-state index in [1.807, 2.05) is 49.4 Å². The van der Waals surface area contributed by atoms with Crippen molar-refractivity contribution in [2.75, 3.05) is 6.54 Å². The number of hydrogen-bond donors (Lipinski definition) is 2. The number of nitrogens with one attached hydrogen (secondary N) is 1. The molecule has 2 N–H and O–H groups in total. The Morgan fingerprint density at radius 1 is 1.07 bits per heavy atom. The third-order valence-corrected chi connectivity index (χ3v) is 4.34. The molecule has 0 saturated carbocycles. The maximum Gasteiger partial charge on any atom is 0.263 e. The molecular formula is C22H22N2O3. The van der Waals surface area contributed by atoms with Crippen LogP contribution in [0.1, 0.15) is 33.2 Å². The van der Waals surface area contributed by atoms with Gasteiger partial charge in [0, 0.05) is 12.7 Å². The van der Waals surface area contributed by atoms with Gasteiger partial charge in [0.05, 0.1) is 12.6 Å². The fraction of sp³-hybridized carbons (Fsp3) is 0.182. The van der Waals surface area contributed by atoms with Crippen LogP contribution in [0.5, 0.6) is 0 Å². The summed E-state index contributed by atoms with van der Waals surface area (Å²) in [4.78, 5) is 25.1. The molecule has 0 aliphatic rings. The Balaban J connectivity index is 1.71. The molecule has 138 valence electrons. The van der Waals surface area contributed by atoms with Crippen LogP contribution in [0, 0.1) is 6.92 Å². The van der Waals surface area contributed by atoms with Crippen molar-refractivity contribution in [1.82, 2.24) is 9.88 Å². The number of rotatable bonds is 6. The Hall–Kier alpha value is -3.18. The van der Waals surface area contributed by atoms with Crippen LogP contribution in [0.15, 0.2) is 77.7 Å². The molecule has 3 rings (SSSR count). The molecule has 5 heteroatoms. The van der Waals surface area contributed by atoms with Gasteiger partial charge >= 0.3 is 0 Å². The normalized spacial score (nSPS) is 11.8. The zero-order valence-corrected chi connectivity index (χ0v) is 15.1. The first kappa shape index (κ1) is 18.6. The van der Waals surface area contributed by atoms with E-state index in [9.17, 15) is 14.7 Å². The monoisotopic (exact) mass is 362 g/mol. The number of aliphatic hydroxyl groups excluding tert-OH is 1. The number of amides is 1. The summed E-state index contributed by atoms with van der Waals surface area (Å²) in [6.07, 6.45) is 0.841. The molecule has 0 bridgehead atoms. The molecule has 0 saturated heterocycles. The highest BCUT2D eigenvalue weighted by Gasteiger charge is 2.14. The van der Waals surface area contributed by atoms with Gasteiger partial charge in [-0.05, 0) is 30.2 Å². The molecule has 2 aromatic carbocycles. The molecule has 0 unspecified atom stereocenters. The lowest BCUT2D eigenvalue weighted by atomic mass is 10.1. The highest BCUT2D eigenvalue weighted by molar-refractivity contribution is 5.93. The maximum atomic E-state index is 12.7. The van der Waals surface area contributed by atoms with Crippen LogP contribution >= 0.6 is 0 Å². The molecule has 27 heavy (non-hydrogen) atoms. The van der Waals surface area contributed by atoms with Gasteiger partial charge in [-0.3, -0.25) is 9.59 Å². The lowest BCUT2D eigenvalue weighted by Crippen LogP contribution is -2.35. The van der Waals surface area contributed by atoms with Gasteiger partial charge in [0.15, 0.2) is 0 Å². The standard InChI is InChI=1S/C22H22N2O3/c1-16-7-5-8-17(13-16)15-24-12-6-11-19(22(24)27)21(26)23-14-20(25)18-9-3-2-4-10-18/h2-13,20,25H,14-15H2,1H3,(H,23,26)/t20-/m0/s1. The smallest absolute Gasteiger partial charge is 0.263 e. The fourth-order valence-corrected chi connectivity index (χ4v) is 2.92. The van der Waals surface area contributed by atoms with Gasteiger partial charge in [-0.1, -0.05) is 60.2 Å². The number of nitrogens with zero attached hydrogens (tertiary/aromatic N) is 1. The van der Waals surface area contributed by atoms with E-state index in [0.29, 0.717) is 12.1 Å². The van der Waals surface area contributed by atoms with Gasteiger partial charge in [-0.2, -0.15) is 0 Å². The zero-order chi connectivity index (χ0) is 19.2. The van der Waals surface area contributed by atoms with Crippen LogP contribution in [0.4, 0.5) is 0 Å². The van der Waals surface area contributed by atoms with E-state index in [1.54, 1.807) is 24.4 Å². The number of hydrogen-bond acceptors (Lipinski definition) is 3. The van der Waals surface area contributed by atoms with Gasteiger partial charge in [0.25, 0.3) is 11.5 Å². The Labute approximate surface area is 157 Å². The lowest BCUT2D eigenvalue weighted by Gasteiger charge is -2.13. The number of aromatic nitrogens is 1. The van der Waals surface area contributed by atoms with Crippen LogP contribution in [0.2, 0.25) is 0 Å². The summed E-state index contributed by atoms with van der Waals surface area (Å²) in [7, 11) is 0. The van der Waals surface area contributed by atoms with Crippen molar-refractivity contribution in [3.8, 4) is 0 Å². The van der Waals surface area contributed by atoms with Crippen molar-refractivity contribution in [3.05, 3.63) is 106 Å². The average molecular weight is 362 g/mol. The second kappa shape index (κ2) is 8.47. The van der Waals surface area contributed by atoms with E-state index < -0.39 is 12.0 Å². The molecule has 5 nitrogen and oxygen atoms in total. The van der Waals surface area contributed by atoms with Crippen LogP contribution < -0.4 is 10.9 Å². The Morgan fingerprint density at radius 3 is 2.59 bits per heavy atom. The molecule has 0 fully saturated rings. The third kappa shape index (κ3) is 4.71. The quantitative estimate of drug-likeness (QED) is 0.708. The maximum absolute atomic E-state index is 12.7. The van der Waals surface area contributed by atoms with Crippen LogP contribution in [-0.4, -0.2) is 22.1 Å². The predicted octanol–water partition coefficient (Wildman–Crippen LogP) is 2.67. The molecular weight excluding hydrogens is 340 g/mol. The minimum atomic E-state index is -0.826. The summed E-state index contributed by atoms with van der Waals surface area (Å²) >= 11 is 0. The van der Waals surface area contributed by atoms with Gasteiger partial charge in [-0.25, -0.2) is 0 Å². The van der Waals surface area contributed by atoms with Crippen LogP contribution in [-0.2, 0) is 6.54 Å². The van der Waals surface area contributed by atoms with E-state index in [2.05, 4.69) is 5.32 Å². The number of pyridine rings is 1. The summed E-state index contributed by atoms with van der Waals surface area (Å²) in [6, 6.07) is 20.1. The number of aryl methyl sites for hydroxylation is 1. The van der Waals surface area contributed by atoms with Crippen molar-refractivity contribution in [1.29, 1.82) is 0 Å². The topological polar surface area (TPSA) is 71.3 Å². The molecule has 1 atom stereocenters. The molecule has 0 aliphatic carbocycles. The highest BCUT2D eigenvalue weighted by Crippen LogP contribution is 2.11. The average Bonchev–Trinajstić information content (AvgIpc) is 2.68. The molecule has 1 aromatic heterocycles. The Kier molecular flexibility index (Phi) is 5.84. The van der Waals surface area contributed by atoms with Gasteiger partial charge < -0.3 is 15.0 Å². The third-order valence-electron chi connectivity index (χ3n) is 4.34. The zero-order valence-electron chi connectivity index (χ0n) is 15.1. The van der Waals surface area contributed by atoms with Crippen molar-refractivity contribution in [3.63, 3.8) is 0 Å². The molecule has 0 spiro atoms. The molecule has 0 aliphatic heterocycles. The van der Waals surface area contributed by atoms with E-state index in [-0.39, 0.29) is 17.7 Å². The molecule has 1 heterocycles. The lowest BCUT2D eigenvalue weighted by molar-refractivity contribution is 0.0914. The van der Waals surface area contributed by atoms with Crippen molar-refractivity contribution in [2.24, 2.45) is 0 Å². The summed E-state index contributed by atoms with van der Waals surface area (Å²) in [6.45, 7) is 2.43. The number of benzene rings is 2. The van der Waals surface area contributed by atoms with E-state index in [0.717, 1.165) is 11.1 Å². The summed E-state index contributed by atoms with van der Waals surface area (Å²) in [5, 5.41) is 12.8. The molecule has 3 aromatic rings. The minimum absolute atomic E-state index is 0.0368. The fourth-order valence-electron chi connectivity index (χ4n) is 2.92. The summed E-state index contributed by atoms with van der Waals surface area (Å²) in [5.41, 5.74) is 2.53. The van der Waals surface area contributed by atoms with Gasteiger partial charge in [0.2, 0.25) is 0 Å². The van der Waals surface area contributed by atoms with Crippen LogP contribution in [0.3, 0.4) is 0 Å². The second-order valence-corrected chi connectivity index (χ2v) is 6.48. The Morgan fingerprint density at radius 2 is 1.85 bits per heavy atom. The van der Waals surface area contributed by atoms with Crippen molar-refractivity contribution in [2.45, 2.75) is 19.6 Å². The van der Waals surface area contributed by atoms with Crippen molar-refractivity contribution >= 4 is 5.91 Å². The summed E-state index contributed by atoms with van der Waals surface area (Å²) in [5.74, 6) is -0.492. The van der Waals surface area contributed by atoms with Gasteiger partial charge in [-0.15, -0.1) is 0 Å². The summed E-state index contributed by atoms with van der Waals surface area (Å²) < 4.78 is 1.51. The SMILES string of the molecule is Cc1cccc(Cn2cccc(C(=O)NC[C@H](O)c3ccccc3)c2=O)c1. The first-order valence-corrected chi connectivity index (χ1v) is 8.81. The number of carbonyl (C=O) groups excluding carboxylic acids is 1. The van der Waals surface area contributed by atoms with E-state index in [1.165, 1.54) is 10.6 Å². The first-order valence-electron chi connectivity index (χ1n) is 8.81. The second-order valence-electron chi connectivity index (χ2n) is 6.48. The first-order chi connectivity index (χ1) is 13.0. The van der Waals surface area contributed by atoms with Gasteiger partial charge in [0.1, 0.15) is 5.56 Å². The minimum Gasteiger partial charge on any atom is -0.387 e.